The van der Waals surface area contributed by atoms with Crippen molar-refractivity contribution in [2.75, 3.05) is 45.1 Å². The molecule has 3 heterocycles. The van der Waals surface area contributed by atoms with Crippen LogP contribution in [0.4, 0.5) is 5.82 Å². The Balaban J connectivity index is 1.59. The van der Waals surface area contributed by atoms with Crippen LogP contribution in [0.25, 0.3) is 0 Å². The van der Waals surface area contributed by atoms with Gasteiger partial charge in [0, 0.05) is 32.9 Å². The van der Waals surface area contributed by atoms with Crippen molar-refractivity contribution in [2.24, 2.45) is 0 Å². The smallest absolute Gasteiger partial charge is 0.236 e. The van der Waals surface area contributed by atoms with E-state index < -0.39 is 0 Å². The van der Waals surface area contributed by atoms with Crippen molar-refractivity contribution < 1.29 is 4.79 Å². The number of carbonyl (C=O) groups excluding carboxylic acids is 1. The standard InChI is InChI=1S/C17H26N4O/c1-18-16-11-14(6-7-19-16)15-5-4-8-20(12-15)13-17(22)21-9-2-3-10-21/h6-7,11,15H,2-5,8-10,12-13H2,1H3,(H,18,19). The van der Waals surface area contributed by atoms with Crippen LogP contribution in [-0.2, 0) is 4.79 Å². The maximum absolute atomic E-state index is 12.3. The number of anilines is 1. The lowest BCUT2D eigenvalue weighted by Gasteiger charge is -2.33. The number of hydrogen-bond acceptors (Lipinski definition) is 4. The molecule has 1 N–H and O–H groups in total. The van der Waals surface area contributed by atoms with Crippen molar-refractivity contribution in [1.82, 2.24) is 14.8 Å². The lowest BCUT2D eigenvalue weighted by atomic mass is 9.91. The minimum Gasteiger partial charge on any atom is -0.373 e. The summed E-state index contributed by atoms with van der Waals surface area (Å²) in [4.78, 5) is 21.0. The highest BCUT2D eigenvalue weighted by molar-refractivity contribution is 5.78. The number of carbonyl (C=O) groups is 1. The number of aromatic nitrogens is 1. The first-order valence-corrected chi connectivity index (χ1v) is 8.40. The highest BCUT2D eigenvalue weighted by Crippen LogP contribution is 2.27. The van der Waals surface area contributed by atoms with Gasteiger partial charge in [0.25, 0.3) is 0 Å². The normalized spacial score (nSPS) is 22.8. The second kappa shape index (κ2) is 7.09. The van der Waals surface area contributed by atoms with Gasteiger partial charge in [0.05, 0.1) is 6.54 Å². The van der Waals surface area contributed by atoms with Gasteiger partial charge in [-0.2, -0.15) is 0 Å². The quantitative estimate of drug-likeness (QED) is 0.923. The van der Waals surface area contributed by atoms with Gasteiger partial charge in [-0.1, -0.05) is 0 Å². The van der Waals surface area contributed by atoms with E-state index >= 15 is 0 Å². The van der Waals surface area contributed by atoms with Crippen molar-refractivity contribution in [3.05, 3.63) is 23.9 Å². The number of nitrogens with zero attached hydrogens (tertiary/aromatic N) is 3. The lowest BCUT2D eigenvalue weighted by molar-refractivity contribution is -0.131. The second-order valence-electron chi connectivity index (χ2n) is 6.39. The lowest BCUT2D eigenvalue weighted by Crippen LogP contribution is -2.43. The molecule has 1 aromatic rings. The summed E-state index contributed by atoms with van der Waals surface area (Å²) in [5.41, 5.74) is 1.33. The molecular formula is C17H26N4O. The molecule has 0 spiro atoms. The Kier molecular flexibility index (Phi) is 4.93. The SMILES string of the molecule is CNc1cc(C2CCCN(CC(=O)N3CCCC3)C2)ccn1. The van der Waals surface area contributed by atoms with E-state index in [9.17, 15) is 4.79 Å². The Bertz CT molecular complexity index is 513. The summed E-state index contributed by atoms with van der Waals surface area (Å²) in [7, 11) is 1.90. The minimum absolute atomic E-state index is 0.309. The summed E-state index contributed by atoms with van der Waals surface area (Å²) in [6.07, 6.45) is 6.56. The van der Waals surface area contributed by atoms with Gasteiger partial charge in [0.2, 0.25) is 5.91 Å². The molecule has 1 aromatic heterocycles. The number of likely N-dealkylation sites (tertiary alicyclic amines) is 2. The van der Waals surface area contributed by atoms with E-state index in [2.05, 4.69) is 27.3 Å². The minimum atomic E-state index is 0.309. The van der Waals surface area contributed by atoms with Gasteiger partial charge in [0.15, 0.2) is 0 Å². The van der Waals surface area contributed by atoms with E-state index in [0.717, 1.165) is 51.3 Å². The number of amides is 1. The zero-order valence-corrected chi connectivity index (χ0v) is 13.4. The third kappa shape index (κ3) is 3.58. The van der Waals surface area contributed by atoms with Gasteiger partial charge in [-0.25, -0.2) is 4.98 Å². The van der Waals surface area contributed by atoms with Gasteiger partial charge in [-0.15, -0.1) is 0 Å². The fraction of sp³-hybridized carbons (Fsp3) is 0.647. The van der Waals surface area contributed by atoms with E-state index in [1.165, 1.54) is 12.0 Å². The number of hydrogen-bond donors (Lipinski definition) is 1. The molecule has 2 saturated heterocycles. The molecule has 0 saturated carbocycles. The molecule has 0 bridgehead atoms. The largest absolute Gasteiger partial charge is 0.373 e. The van der Waals surface area contributed by atoms with Gasteiger partial charge < -0.3 is 10.2 Å². The molecule has 5 nitrogen and oxygen atoms in total. The molecule has 120 valence electrons. The maximum Gasteiger partial charge on any atom is 0.236 e. The van der Waals surface area contributed by atoms with Crippen LogP contribution in [0.15, 0.2) is 18.3 Å². The van der Waals surface area contributed by atoms with Gasteiger partial charge in [-0.05, 0) is 55.8 Å². The van der Waals surface area contributed by atoms with Crippen LogP contribution in [0.2, 0.25) is 0 Å². The molecule has 1 amide bonds. The first kappa shape index (κ1) is 15.3. The van der Waals surface area contributed by atoms with Crippen LogP contribution in [-0.4, -0.2) is 60.5 Å². The van der Waals surface area contributed by atoms with E-state index in [0.29, 0.717) is 18.4 Å². The number of rotatable bonds is 4. The Hall–Kier alpha value is -1.62. The molecular weight excluding hydrogens is 276 g/mol. The van der Waals surface area contributed by atoms with Crippen LogP contribution >= 0.6 is 0 Å². The topological polar surface area (TPSA) is 48.5 Å². The Morgan fingerprint density at radius 2 is 2.14 bits per heavy atom. The molecule has 1 atom stereocenters. The first-order valence-electron chi connectivity index (χ1n) is 8.40. The van der Waals surface area contributed by atoms with Gasteiger partial charge in [-0.3, -0.25) is 9.69 Å². The van der Waals surface area contributed by atoms with Crippen molar-refractivity contribution >= 4 is 11.7 Å². The molecule has 2 fully saturated rings. The monoisotopic (exact) mass is 302 g/mol. The predicted octanol–water partition coefficient (Wildman–Crippen LogP) is 1.93. The molecule has 2 aliphatic heterocycles. The zero-order chi connectivity index (χ0) is 15.4. The summed E-state index contributed by atoms with van der Waals surface area (Å²) < 4.78 is 0. The van der Waals surface area contributed by atoms with Crippen molar-refractivity contribution in [1.29, 1.82) is 0 Å². The molecule has 3 rings (SSSR count). The summed E-state index contributed by atoms with van der Waals surface area (Å²) >= 11 is 0. The van der Waals surface area contributed by atoms with Crippen LogP contribution in [0.5, 0.6) is 0 Å². The Morgan fingerprint density at radius 3 is 2.91 bits per heavy atom. The Labute approximate surface area is 132 Å². The van der Waals surface area contributed by atoms with Crippen molar-refractivity contribution in [3.63, 3.8) is 0 Å². The fourth-order valence-electron chi connectivity index (χ4n) is 3.57. The summed E-state index contributed by atoms with van der Waals surface area (Å²) in [6, 6.07) is 4.24. The van der Waals surface area contributed by atoms with Crippen molar-refractivity contribution in [2.45, 2.75) is 31.6 Å². The van der Waals surface area contributed by atoms with E-state index in [4.69, 9.17) is 0 Å². The molecule has 0 aromatic carbocycles. The summed E-state index contributed by atoms with van der Waals surface area (Å²) in [5, 5.41) is 3.10. The fourth-order valence-corrected chi connectivity index (χ4v) is 3.57. The average Bonchev–Trinajstić information content (AvgIpc) is 3.10. The molecule has 2 aliphatic rings. The van der Waals surface area contributed by atoms with Gasteiger partial charge >= 0.3 is 0 Å². The number of pyridine rings is 1. The molecule has 0 aliphatic carbocycles. The zero-order valence-electron chi connectivity index (χ0n) is 13.4. The van der Waals surface area contributed by atoms with Crippen LogP contribution in [0.3, 0.4) is 0 Å². The highest BCUT2D eigenvalue weighted by Gasteiger charge is 2.25. The second-order valence-corrected chi connectivity index (χ2v) is 6.39. The maximum atomic E-state index is 12.3. The van der Waals surface area contributed by atoms with Crippen LogP contribution in [0.1, 0.15) is 37.2 Å². The summed E-state index contributed by atoms with van der Waals surface area (Å²) in [6.45, 7) is 4.51. The third-order valence-corrected chi connectivity index (χ3v) is 4.83. The first-order chi connectivity index (χ1) is 10.8. The van der Waals surface area contributed by atoms with E-state index in [-0.39, 0.29) is 0 Å². The van der Waals surface area contributed by atoms with Crippen molar-refractivity contribution in [3.8, 4) is 0 Å². The highest BCUT2D eigenvalue weighted by atomic mass is 16.2. The number of piperidine rings is 1. The molecule has 1 unspecified atom stereocenters. The summed E-state index contributed by atoms with van der Waals surface area (Å²) in [5.74, 6) is 1.74. The van der Waals surface area contributed by atoms with E-state index in [1.807, 2.05) is 18.1 Å². The average molecular weight is 302 g/mol. The number of nitrogens with one attached hydrogen (secondary N) is 1. The van der Waals surface area contributed by atoms with Gasteiger partial charge in [0.1, 0.15) is 5.82 Å². The third-order valence-electron chi connectivity index (χ3n) is 4.83. The van der Waals surface area contributed by atoms with Crippen LogP contribution in [0, 0.1) is 0 Å². The Morgan fingerprint density at radius 1 is 1.32 bits per heavy atom. The molecule has 0 radical (unpaired) electrons. The van der Waals surface area contributed by atoms with Crippen LogP contribution < -0.4 is 5.32 Å². The molecule has 22 heavy (non-hydrogen) atoms. The van der Waals surface area contributed by atoms with E-state index in [1.54, 1.807) is 0 Å². The molecule has 5 heteroatoms. The predicted molar refractivity (Wildman–Crippen MR) is 88.0 cm³/mol.